The summed E-state index contributed by atoms with van der Waals surface area (Å²) in [6, 6.07) is 6.39. The van der Waals surface area contributed by atoms with Crippen LogP contribution >= 0.6 is 0 Å². The standard InChI is InChI=1S/C19H28O12/c20-5-8-3-1-2-4-9(8)28-19-17(15(26)13(24)11(7-22)30-19)31-18-16(27)14(25)12(23)10(6-21)29-18/h1-4,10-27H,5-7H2/t10-,11-,12+,13-,14-,15+,16-,17-,18-,19-/m1/s1. The first-order valence-electron chi connectivity index (χ1n) is 9.76. The van der Waals surface area contributed by atoms with Crippen molar-refractivity contribution in [2.24, 2.45) is 0 Å². The Bertz CT molecular complexity index is 702. The number of hydrogen-bond acceptors (Lipinski definition) is 12. The molecule has 12 heteroatoms. The molecule has 176 valence electrons. The number of ether oxygens (including phenoxy) is 4. The van der Waals surface area contributed by atoms with Gasteiger partial charge >= 0.3 is 0 Å². The number of rotatable bonds is 7. The summed E-state index contributed by atoms with van der Waals surface area (Å²) in [6.45, 7) is -1.70. The molecule has 2 aliphatic rings. The summed E-state index contributed by atoms with van der Waals surface area (Å²) < 4.78 is 22.1. The van der Waals surface area contributed by atoms with Crippen LogP contribution in [0.3, 0.4) is 0 Å². The Kier molecular flexibility index (Phi) is 8.18. The van der Waals surface area contributed by atoms with Crippen LogP contribution in [0.1, 0.15) is 5.56 Å². The maximum Gasteiger partial charge on any atom is 0.229 e. The van der Waals surface area contributed by atoms with Gasteiger partial charge in [0.15, 0.2) is 12.4 Å². The van der Waals surface area contributed by atoms with E-state index in [9.17, 15) is 40.9 Å². The van der Waals surface area contributed by atoms with E-state index in [-0.39, 0.29) is 12.4 Å². The average molecular weight is 448 g/mol. The lowest BCUT2D eigenvalue weighted by Gasteiger charge is -2.45. The van der Waals surface area contributed by atoms with Gasteiger partial charge in [0.25, 0.3) is 0 Å². The molecule has 0 radical (unpaired) electrons. The largest absolute Gasteiger partial charge is 0.462 e. The van der Waals surface area contributed by atoms with Crippen LogP contribution < -0.4 is 4.74 Å². The Balaban J connectivity index is 1.85. The van der Waals surface area contributed by atoms with Crippen LogP contribution in [0, 0.1) is 0 Å². The van der Waals surface area contributed by atoms with Gasteiger partial charge in [0.2, 0.25) is 6.29 Å². The fourth-order valence-corrected chi connectivity index (χ4v) is 3.51. The third-order valence-corrected chi connectivity index (χ3v) is 5.35. The summed E-state index contributed by atoms with van der Waals surface area (Å²) in [5, 5.41) is 79.2. The molecule has 0 aliphatic carbocycles. The van der Waals surface area contributed by atoms with Gasteiger partial charge in [-0.05, 0) is 6.07 Å². The van der Waals surface area contributed by atoms with Gasteiger partial charge in [0.05, 0.1) is 19.8 Å². The van der Waals surface area contributed by atoms with Gasteiger partial charge in [0, 0.05) is 5.56 Å². The maximum atomic E-state index is 10.6. The zero-order valence-electron chi connectivity index (χ0n) is 16.4. The minimum Gasteiger partial charge on any atom is -0.462 e. The molecule has 0 saturated carbocycles. The minimum absolute atomic E-state index is 0.178. The predicted octanol–water partition coefficient (Wildman–Crippen LogP) is -3.82. The second kappa shape index (κ2) is 10.5. The van der Waals surface area contributed by atoms with Gasteiger partial charge in [0.1, 0.15) is 48.5 Å². The molecule has 0 bridgehead atoms. The quantitative estimate of drug-likeness (QED) is 0.203. The van der Waals surface area contributed by atoms with Gasteiger partial charge in [-0.2, -0.15) is 0 Å². The van der Waals surface area contributed by atoms with Gasteiger partial charge in [-0.1, -0.05) is 18.2 Å². The summed E-state index contributed by atoms with van der Waals surface area (Å²) in [5.41, 5.74) is 0.388. The highest BCUT2D eigenvalue weighted by Gasteiger charge is 2.51. The van der Waals surface area contributed by atoms with E-state index < -0.39 is 74.6 Å². The lowest BCUT2D eigenvalue weighted by atomic mass is 9.97. The first kappa shape index (κ1) is 24.2. The monoisotopic (exact) mass is 448 g/mol. The molecule has 0 amide bonds. The number of aliphatic hydroxyl groups is 8. The molecular weight excluding hydrogens is 420 g/mol. The van der Waals surface area contributed by atoms with Crippen LogP contribution in [0.25, 0.3) is 0 Å². The van der Waals surface area contributed by atoms with E-state index in [2.05, 4.69) is 0 Å². The summed E-state index contributed by atoms with van der Waals surface area (Å²) in [6.07, 6.45) is -15.4. The molecular formula is C19H28O12. The Hall–Kier alpha value is -1.42. The molecule has 0 aromatic heterocycles. The summed E-state index contributed by atoms with van der Waals surface area (Å²) >= 11 is 0. The predicted molar refractivity (Wildman–Crippen MR) is 99.4 cm³/mol. The molecule has 8 N–H and O–H groups in total. The summed E-state index contributed by atoms with van der Waals surface area (Å²) in [5.74, 6) is 0.178. The normalized spacial score (nSPS) is 41.2. The minimum atomic E-state index is -1.76. The van der Waals surface area contributed by atoms with E-state index in [0.29, 0.717) is 5.56 Å². The lowest BCUT2D eigenvalue weighted by molar-refractivity contribution is -0.358. The number of aliphatic hydroxyl groups excluding tert-OH is 8. The van der Waals surface area contributed by atoms with Crippen molar-refractivity contribution < 1.29 is 59.8 Å². The summed E-state index contributed by atoms with van der Waals surface area (Å²) in [4.78, 5) is 0. The first-order chi connectivity index (χ1) is 14.8. The van der Waals surface area contributed by atoms with Crippen molar-refractivity contribution >= 4 is 0 Å². The van der Waals surface area contributed by atoms with E-state index in [4.69, 9.17) is 18.9 Å². The van der Waals surface area contributed by atoms with Crippen molar-refractivity contribution in [2.75, 3.05) is 13.2 Å². The van der Waals surface area contributed by atoms with Gasteiger partial charge in [-0.3, -0.25) is 0 Å². The second-order valence-electron chi connectivity index (χ2n) is 7.39. The smallest absolute Gasteiger partial charge is 0.229 e. The van der Waals surface area contributed by atoms with E-state index in [1.165, 1.54) is 6.07 Å². The fraction of sp³-hybridized carbons (Fsp3) is 0.684. The van der Waals surface area contributed by atoms with Crippen molar-refractivity contribution in [3.8, 4) is 5.75 Å². The maximum absolute atomic E-state index is 10.6. The van der Waals surface area contributed by atoms with Crippen LogP contribution in [0.5, 0.6) is 5.75 Å². The Labute approximate surface area is 177 Å². The Morgan fingerprint density at radius 1 is 0.710 bits per heavy atom. The zero-order valence-corrected chi connectivity index (χ0v) is 16.4. The molecule has 0 spiro atoms. The zero-order chi connectivity index (χ0) is 22.7. The summed E-state index contributed by atoms with van der Waals surface area (Å²) in [7, 11) is 0. The van der Waals surface area contributed by atoms with Crippen LogP contribution in [0.2, 0.25) is 0 Å². The molecule has 1 aromatic carbocycles. The van der Waals surface area contributed by atoms with Crippen molar-refractivity contribution in [3.63, 3.8) is 0 Å². The molecule has 2 heterocycles. The third-order valence-electron chi connectivity index (χ3n) is 5.35. The number of para-hydroxylation sites is 1. The first-order valence-corrected chi connectivity index (χ1v) is 9.76. The number of benzene rings is 1. The highest BCUT2D eigenvalue weighted by atomic mass is 16.8. The Morgan fingerprint density at radius 3 is 1.90 bits per heavy atom. The van der Waals surface area contributed by atoms with E-state index in [1.54, 1.807) is 18.2 Å². The van der Waals surface area contributed by atoms with Gasteiger partial charge in [-0.15, -0.1) is 0 Å². The molecule has 12 nitrogen and oxygen atoms in total. The topological polar surface area (TPSA) is 199 Å². The molecule has 2 aliphatic heterocycles. The molecule has 3 rings (SSSR count). The third kappa shape index (κ3) is 4.99. The van der Waals surface area contributed by atoms with E-state index >= 15 is 0 Å². The average Bonchev–Trinajstić information content (AvgIpc) is 2.78. The van der Waals surface area contributed by atoms with Gasteiger partial charge in [-0.25, -0.2) is 0 Å². The van der Waals surface area contributed by atoms with Crippen molar-refractivity contribution in [1.29, 1.82) is 0 Å². The Morgan fingerprint density at radius 2 is 1.29 bits per heavy atom. The molecule has 10 atom stereocenters. The molecule has 2 saturated heterocycles. The lowest BCUT2D eigenvalue weighted by Crippen LogP contribution is -2.65. The molecule has 1 aromatic rings. The van der Waals surface area contributed by atoms with Crippen LogP contribution in [0.15, 0.2) is 24.3 Å². The highest BCUT2D eigenvalue weighted by Crippen LogP contribution is 2.31. The van der Waals surface area contributed by atoms with Crippen molar-refractivity contribution in [3.05, 3.63) is 29.8 Å². The fourth-order valence-electron chi connectivity index (χ4n) is 3.51. The molecule has 31 heavy (non-hydrogen) atoms. The van der Waals surface area contributed by atoms with Gasteiger partial charge < -0.3 is 59.8 Å². The highest BCUT2D eigenvalue weighted by molar-refractivity contribution is 5.32. The SMILES string of the molecule is OCc1ccccc1O[C@@H]1O[C@H](CO)[C@@H](O)[C@H](O)[C@H]1O[C@H]1O[C@H](CO)[C@H](O)[C@@H](O)[C@H]1O. The molecule has 0 unspecified atom stereocenters. The van der Waals surface area contributed by atoms with Crippen molar-refractivity contribution in [2.45, 2.75) is 68.0 Å². The van der Waals surface area contributed by atoms with E-state index in [1.807, 2.05) is 0 Å². The van der Waals surface area contributed by atoms with E-state index in [0.717, 1.165) is 0 Å². The van der Waals surface area contributed by atoms with Crippen LogP contribution in [0.4, 0.5) is 0 Å². The molecule has 2 fully saturated rings. The number of hydrogen-bond donors (Lipinski definition) is 8. The van der Waals surface area contributed by atoms with Crippen LogP contribution in [-0.2, 0) is 20.8 Å². The van der Waals surface area contributed by atoms with Crippen molar-refractivity contribution in [1.82, 2.24) is 0 Å². The second-order valence-corrected chi connectivity index (χ2v) is 7.39. The van der Waals surface area contributed by atoms with Crippen LogP contribution in [-0.4, -0.2) is 115 Å².